The summed E-state index contributed by atoms with van der Waals surface area (Å²) in [6.07, 6.45) is 10.9. The summed E-state index contributed by atoms with van der Waals surface area (Å²) in [6.45, 7) is 8.45. The quantitative estimate of drug-likeness (QED) is 0.443. The molecule has 1 aliphatic carbocycles. The topological polar surface area (TPSA) is 67.3 Å². The van der Waals surface area contributed by atoms with Gasteiger partial charge in [-0.3, -0.25) is 9.78 Å². The van der Waals surface area contributed by atoms with E-state index < -0.39 is 0 Å². The van der Waals surface area contributed by atoms with Crippen molar-refractivity contribution in [2.45, 2.75) is 39.8 Å². The van der Waals surface area contributed by atoms with Gasteiger partial charge in [0.05, 0.1) is 10.7 Å². The molecule has 1 amide bonds. The number of aromatic nitrogens is 2. The second kappa shape index (κ2) is 10.0. The number of para-hydroxylation sites is 1. The van der Waals surface area contributed by atoms with E-state index in [1.54, 1.807) is 18.6 Å². The Balaban J connectivity index is 1.62. The van der Waals surface area contributed by atoms with E-state index in [1.165, 1.54) is 0 Å². The van der Waals surface area contributed by atoms with E-state index in [4.69, 9.17) is 21.3 Å². The molecular weight excluding hydrogens is 436 g/mol. The van der Waals surface area contributed by atoms with Crippen molar-refractivity contribution in [2.24, 2.45) is 5.92 Å². The number of halogens is 1. The van der Waals surface area contributed by atoms with E-state index in [0.29, 0.717) is 17.3 Å². The van der Waals surface area contributed by atoms with Gasteiger partial charge in [0.2, 0.25) is 5.91 Å². The molecule has 0 aliphatic heterocycles. The summed E-state index contributed by atoms with van der Waals surface area (Å²) in [5, 5.41) is 4.43. The number of nitrogens with one attached hydrogen (secondary N) is 1. The molecule has 0 bridgehead atoms. The van der Waals surface area contributed by atoms with E-state index in [9.17, 15) is 4.79 Å². The summed E-state index contributed by atoms with van der Waals surface area (Å²) in [5.41, 5.74) is 4.25. The maximum absolute atomic E-state index is 12.1. The minimum absolute atomic E-state index is 0.0796. The van der Waals surface area contributed by atoms with Crippen LogP contribution >= 0.6 is 11.6 Å². The summed E-state index contributed by atoms with van der Waals surface area (Å²) in [4.78, 5) is 23.0. The summed E-state index contributed by atoms with van der Waals surface area (Å²) in [7, 11) is 0. The number of carbonyl (C=O) groups excluding carboxylic acids is 1. The van der Waals surface area contributed by atoms with Crippen LogP contribution in [0.4, 0.5) is 5.69 Å². The smallest absolute Gasteiger partial charge is 0.223 e. The number of rotatable bonds is 9. The van der Waals surface area contributed by atoms with Crippen LogP contribution in [-0.4, -0.2) is 15.9 Å². The van der Waals surface area contributed by atoms with Gasteiger partial charge in [-0.15, -0.1) is 0 Å². The molecule has 3 aromatic rings. The second-order valence-electron chi connectivity index (χ2n) is 8.05. The number of hydrogen-bond donors (Lipinski definition) is 1. The number of allylic oxidation sites excluding steroid dienone is 1. The lowest BCUT2D eigenvalue weighted by molar-refractivity contribution is -0.122. The Morgan fingerprint density at radius 1 is 1.36 bits per heavy atom. The zero-order valence-corrected chi connectivity index (χ0v) is 19.6. The summed E-state index contributed by atoms with van der Waals surface area (Å²) in [6, 6.07) is 7.88. The van der Waals surface area contributed by atoms with Crippen molar-refractivity contribution in [3.8, 4) is 5.75 Å². The first-order chi connectivity index (χ1) is 16.0. The minimum atomic E-state index is 0.0796. The van der Waals surface area contributed by atoms with Gasteiger partial charge in [0, 0.05) is 53.9 Å². The zero-order chi connectivity index (χ0) is 23.4. The highest BCUT2D eigenvalue weighted by molar-refractivity contribution is 6.31. The molecule has 2 aromatic heterocycles. The molecule has 1 aliphatic rings. The molecule has 0 atom stereocenters. The number of amides is 1. The number of anilines is 1. The third-order valence-corrected chi connectivity index (χ3v) is 5.89. The molecule has 0 saturated heterocycles. The fourth-order valence-corrected chi connectivity index (χ4v) is 3.93. The van der Waals surface area contributed by atoms with Gasteiger partial charge in [0.1, 0.15) is 17.9 Å². The molecule has 33 heavy (non-hydrogen) atoms. The number of nitrogens with zero attached hydrogens (tertiary/aromatic N) is 3. The van der Waals surface area contributed by atoms with E-state index in [-0.39, 0.29) is 18.4 Å². The molecule has 0 spiro atoms. The summed E-state index contributed by atoms with van der Waals surface area (Å²) < 4.78 is 6.23. The van der Waals surface area contributed by atoms with Gasteiger partial charge in [-0.1, -0.05) is 36.4 Å². The Morgan fingerprint density at radius 2 is 2.18 bits per heavy atom. The van der Waals surface area contributed by atoms with Gasteiger partial charge in [0.15, 0.2) is 0 Å². The summed E-state index contributed by atoms with van der Waals surface area (Å²) in [5.74, 6) is 0.882. The van der Waals surface area contributed by atoms with E-state index >= 15 is 0 Å². The van der Waals surface area contributed by atoms with Crippen LogP contribution in [0.5, 0.6) is 5.75 Å². The van der Waals surface area contributed by atoms with Crippen molar-refractivity contribution in [3.63, 3.8) is 0 Å². The number of pyridine rings is 2. The van der Waals surface area contributed by atoms with Crippen LogP contribution < -0.4 is 15.0 Å². The lowest BCUT2D eigenvalue weighted by Gasteiger charge is -2.19. The Bertz CT molecular complexity index is 1220. The molecule has 1 fully saturated rings. The first-order valence-electron chi connectivity index (χ1n) is 11.0. The normalized spacial score (nSPS) is 13.3. The largest absolute Gasteiger partial charge is 0.487 e. The molecule has 7 heteroatoms. The molecule has 1 N–H and O–H groups in total. The van der Waals surface area contributed by atoms with Gasteiger partial charge < -0.3 is 15.0 Å². The number of hydrogen-bond acceptors (Lipinski definition) is 5. The standard InChI is InChI=1S/C26H27ClN4O2/c1-4-11-31(5-2)23-12-17(3)30-25-20(23)7-6-8-24(25)33-16-21-19(13-28-15-22(21)27)14-29-26(32)18-9-10-18/h4-8,11-13,15,18H,2,9-10,14,16H2,1,3H3,(H,29,32)/b11-4-. The number of benzene rings is 1. The van der Waals surface area contributed by atoms with Gasteiger partial charge in [0.25, 0.3) is 0 Å². The maximum atomic E-state index is 12.1. The lowest BCUT2D eigenvalue weighted by atomic mass is 10.1. The van der Waals surface area contributed by atoms with Crippen molar-refractivity contribution < 1.29 is 9.53 Å². The third kappa shape index (κ3) is 5.17. The molecule has 4 rings (SSSR count). The Kier molecular flexibility index (Phi) is 6.94. The zero-order valence-electron chi connectivity index (χ0n) is 18.8. The first-order valence-corrected chi connectivity index (χ1v) is 11.4. The Hall–Kier alpha value is -3.38. The molecule has 0 radical (unpaired) electrons. The van der Waals surface area contributed by atoms with E-state index in [2.05, 4.69) is 16.9 Å². The monoisotopic (exact) mass is 462 g/mol. The molecule has 1 aromatic carbocycles. The highest BCUT2D eigenvalue weighted by atomic mass is 35.5. The van der Waals surface area contributed by atoms with Crippen molar-refractivity contribution in [2.75, 3.05) is 4.90 Å². The van der Waals surface area contributed by atoms with Gasteiger partial charge in [-0.2, -0.15) is 0 Å². The highest BCUT2D eigenvalue weighted by Crippen LogP contribution is 2.34. The van der Waals surface area contributed by atoms with Crippen LogP contribution in [0.1, 0.15) is 36.6 Å². The van der Waals surface area contributed by atoms with Crippen LogP contribution in [0, 0.1) is 12.8 Å². The molecule has 0 unspecified atom stereocenters. The molecule has 6 nitrogen and oxygen atoms in total. The number of fused-ring (bicyclic) bond motifs is 1. The van der Waals surface area contributed by atoms with Crippen molar-refractivity contribution in [3.05, 3.63) is 83.6 Å². The number of ether oxygens (including phenoxy) is 1. The van der Waals surface area contributed by atoms with Crippen LogP contribution in [0.2, 0.25) is 5.02 Å². The van der Waals surface area contributed by atoms with Crippen molar-refractivity contribution in [1.29, 1.82) is 0 Å². The van der Waals surface area contributed by atoms with E-state index in [1.807, 2.05) is 55.3 Å². The SMILES string of the molecule is C=CN(/C=C\C)c1cc(C)nc2c(OCc3c(Cl)cncc3CNC(=O)C3CC3)cccc12. The van der Waals surface area contributed by atoms with Crippen LogP contribution in [0.25, 0.3) is 10.9 Å². The van der Waals surface area contributed by atoms with E-state index in [0.717, 1.165) is 46.3 Å². The average molecular weight is 463 g/mol. The van der Waals surface area contributed by atoms with Gasteiger partial charge in [-0.05, 0) is 44.4 Å². The lowest BCUT2D eigenvalue weighted by Crippen LogP contribution is -2.25. The number of aryl methyl sites for hydroxylation is 1. The fraction of sp³-hybridized carbons (Fsp3) is 0.269. The second-order valence-corrected chi connectivity index (χ2v) is 8.45. The summed E-state index contributed by atoms with van der Waals surface area (Å²) >= 11 is 6.45. The number of carbonyl (C=O) groups is 1. The molecule has 170 valence electrons. The van der Waals surface area contributed by atoms with Crippen LogP contribution in [0.3, 0.4) is 0 Å². The maximum Gasteiger partial charge on any atom is 0.223 e. The minimum Gasteiger partial charge on any atom is -0.487 e. The third-order valence-electron chi connectivity index (χ3n) is 5.56. The molecular formula is C26H27ClN4O2. The highest BCUT2D eigenvalue weighted by Gasteiger charge is 2.29. The Labute approximate surface area is 198 Å². The average Bonchev–Trinajstić information content (AvgIpc) is 3.65. The van der Waals surface area contributed by atoms with Gasteiger partial charge >= 0.3 is 0 Å². The van der Waals surface area contributed by atoms with Crippen LogP contribution in [-0.2, 0) is 17.9 Å². The first kappa shape index (κ1) is 22.8. The van der Waals surface area contributed by atoms with Gasteiger partial charge in [-0.25, -0.2) is 4.98 Å². The van der Waals surface area contributed by atoms with Crippen molar-refractivity contribution >= 4 is 34.1 Å². The molecule has 2 heterocycles. The Morgan fingerprint density at radius 3 is 2.91 bits per heavy atom. The van der Waals surface area contributed by atoms with Crippen LogP contribution in [0.15, 0.2) is 61.7 Å². The molecule has 1 saturated carbocycles. The predicted octanol–water partition coefficient (Wildman–Crippen LogP) is 5.68. The van der Waals surface area contributed by atoms with Crippen molar-refractivity contribution in [1.82, 2.24) is 15.3 Å². The predicted molar refractivity (Wildman–Crippen MR) is 132 cm³/mol. The fourth-order valence-electron chi connectivity index (χ4n) is 3.70.